The van der Waals surface area contributed by atoms with Crippen LogP contribution in [0.2, 0.25) is 0 Å². The second-order valence-electron chi connectivity index (χ2n) is 10.4. The molecule has 0 amide bonds. The van der Waals surface area contributed by atoms with Crippen LogP contribution in [0, 0.1) is 0 Å². The van der Waals surface area contributed by atoms with Crippen LogP contribution in [0.4, 0.5) is 0 Å². The number of nitrogens with zero attached hydrogens (tertiary/aromatic N) is 1. The first kappa shape index (κ1) is 23.1. The number of aryl methyl sites for hydroxylation is 2. The van der Waals surface area contributed by atoms with Gasteiger partial charge in [0.25, 0.3) is 0 Å². The molecule has 1 N–H and O–H groups in total. The molecule has 6 nitrogen and oxygen atoms in total. The smallest absolute Gasteiger partial charge is 0.340 e. The summed E-state index contributed by atoms with van der Waals surface area (Å²) in [4.78, 5) is 14.0. The third-order valence-corrected chi connectivity index (χ3v) is 8.81. The molecular weight excluding hydrogens is 448 g/mol. The molecule has 2 atom stereocenters. The number of carbonyl (C=O) groups excluding carboxylic acids is 1. The van der Waals surface area contributed by atoms with E-state index in [9.17, 15) is 13.2 Å². The van der Waals surface area contributed by atoms with E-state index in [-0.39, 0.29) is 21.4 Å². The van der Waals surface area contributed by atoms with Gasteiger partial charge in [-0.3, -0.25) is 0 Å². The van der Waals surface area contributed by atoms with Crippen molar-refractivity contribution in [3.05, 3.63) is 58.8 Å². The summed E-state index contributed by atoms with van der Waals surface area (Å²) in [5.74, 6) is -0.594. The Morgan fingerprint density at radius 3 is 2.53 bits per heavy atom. The van der Waals surface area contributed by atoms with E-state index in [0.717, 1.165) is 41.3 Å². The monoisotopic (exact) mass is 480 g/mol. The topological polar surface area (TPSA) is 77.4 Å². The Hall–Kier alpha value is -2.64. The molecule has 2 aliphatic rings. The molecule has 5 rings (SSSR count). The lowest BCUT2D eigenvalue weighted by atomic mass is 9.94. The van der Waals surface area contributed by atoms with Crippen LogP contribution in [0.25, 0.3) is 10.9 Å². The van der Waals surface area contributed by atoms with Crippen molar-refractivity contribution in [3.8, 4) is 0 Å². The standard InChI is InChI=1S/C27H32N2O4S/c1-6-16-14-21(34(31,32)18-10-8-7-9-11-18)23(26(30)33-27(2,3)4)24-22-19-13-12-17(28-19)15-20(22)29(5)25(16)24/h7-11,14,17,19,28H,6,12-13,15H2,1-5H3. The molecule has 2 aliphatic heterocycles. The minimum absolute atomic E-state index is 0.0332. The largest absolute Gasteiger partial charge is 0.456 e. The predicted molar refractivity (Wildman–Crippen MR) is 132 cm³/mol. The summed E-state index contributed by atoms with van der Waals surface area (Å²) in [5.41, 5.74) is 3.52. The second kappa shape index (κ2) is 7.95. The van der Waals surface area contributed by atoms with Crippen LogP contribution in [-0.4, -0.2) is 30.6 Å². The van der Waals surface area contributed by atoms with Crippen LogP contribution in [0.15, 0.2) is 46.2 Å². The molecule has 0 saturated carbocycles. The fourth-order valence-corrected chi connectivity index (χ4v) is 7.13. The molecule has 2 aromatic carbocycles. The van der Waals surface area contributed by atoms with Crippen molar-refractivity contribution in [1.29, 1.82) is 0 Å². The summed E-state index contributed by atoms with van der Waals surface area (Å²) in [6.07, 6.45) is 3.57. The number of carbonyl (C=O) groups is 1. The van der Waals surface area contributed by atoms with Crippen LogP contribution in [0.5, 0.6) is 0 Å². The van der Waals surface area contributed by atoms with E-state index in [1.54, 1.807) is 57.2 Å². The highest BCUT2D eigenvalue weighted by Gasteiger charge is 2.40. The molecule has 3 aromatic rings. The van der Waals surface area contributed by atoms with Gasteiger partial charge < -0.3 is 14.6 Å². The van der Waals surface area contributed by atoms with Crippen LogP contribution in [-0.2, 0) is 34.5 Å². The molecule has 0 spiro atoms. The van der Waals surface area contributed by atoms with Gasteiger partial charge in [-0.05, 0) is 69.4 Å². The van der Waals surface area contributed by atoms with E-state index < -0.39 is 21.4 Å². The maximum absolute atomic E-state index is 13.9. The lowest BCUT2D eigenvalue weighted by Crippen LogP contribution is -2.32. The predicted octanol–water partition coefficient (Wildman–Crippen LogP) is 4.88. The summed E-state index contributed by atoms with van der Waals surface area (Å²) in [5, 5.41) is 4.41. The number of ether oxygens (including phenoxy) is 1. The van der Waals surface area contributed by atoms with E-state index >= 15 is 0 Å². The van der Waals surface area contributed by atoms with Gasteiger partial charge in [0.1, 0.15) is 5.60 Å². The number of aromatic nitrogens is 1. The number of nitrogens with one attached hydrogen (secondary N) is 1. The van der Waals surface area contributed by atoms with Crippen molar-refractivity contribution in [2.75, 3.05) is 0 Å². The zero-order valence-corrected chi connectivity index (χ0v) is 21.3. The van der Waals surface area contributed by atoms with Crippen molar-refractivity contribution in [3.63, 3.8) is 0 Å². The van der Waals surface area contributed by atoms with Crippen LogP contribution in [0.1, 0.15) is 73.8 Å². The molecule has 1 aromatic heterocycles. The maximum atomic E-state index is 13.9. The third kappa shape index (κ3) is 3.57. The summed E-state index contributed by atoms with van der Waals surface area (Å²) < 4.78 is 35.9. The summed E-state index contributed by atoms with van der Waals surface area (Å²) in [6.45, 7) is 7.43. The normalized spacial score (nSPS) is 19.9. The second-order valence-corrected chi connectivity index (χ2v) is 12.3. The minimum Gasteiger partial charge on any atom is -0.456 e. The first-order valence-electron chi connectivity index (χ1n) is 12.0. The van der Waals surface area contributed by atoms with Crippen molar-refractivity contribution < 1.29 is 17.9 Å². The third-order valence-electron chi connectivity index (χ3n) is 7.02. The quantitative estimate of drug-likeness (QED) is 0.539. The first-order valence-corrected chi connectivity index (χ1v) is 13.5. The van der Waals surface area contributed by atoms with E-state index in [1.807, 2.05) is 14.0 Å². The Kier molecular flexibility index (Phi) is 5.41. The molecule has 34 heavy (non-hydrogen) atoms. The SMILES string of the molecule is CCc1cc(S(=O)(=O)c2ccccc2)c(C(=O)OC(C)(C)C)c2c3c(n(C)c12)CC1CCC3N1. The number of hydrogen-bond donors (Lipinski definition) is 1. The van der Waals surface area contributed by atoms with E-state index in [2.05, 4.69) is 9.88 Å². The molecule has 3 heterocycles. The number of sulfone groups is 1. The summed E-state index contributed by atoms with van der Waals surface area (Å²) in [6, 6.07) is 10.6. The summed E-state index contributed by atoms with van der Waals surface area (Å²) in [7, 11) is -1.92. The van der Waals surface area contributed by atoms with E-state index in [4.69, 9.17) is 4.74 Å². The fraction of sp³-hybridized carbons (Fsp3) is 0.444. The van der Waals surface area contributed by atoms with Crippen molar-refractivity contribution >= 4 is 26.7 Å². The van der Waals surface area contributed by atoms with Gasteiger partial charge in [0.05, 0.1) is 20.9 Å². The van der Waals surface area contributed by atoms with Crippen LogP contribution in [0.3, 0.4) is 0 Å². The van der Waals surface area contributed by atoms with Gasteiger partial charge >= 0.3 is 5.97 Å². The fourth-order valence-electron chi connectivity index (χ4n) is 5.61. The number of esters is 1. The maximum Gasteiger partial charge on any atom is 0.340 e. The van der Waals surface area contributed by atoms with Crippen LogP contribution >= 0.6 is 0 Å². The number of benzene rings is 2. The van der Waals surface area contributed by atoms with Crippen LogP contribution < -0.4 is 5.32 Å². The highest BCUT2D eigenvalue weighted by Crippen LogP contribution is 2.46. The van der Waals surface area contributed by atoms with E-state index in [1.165, 1.54) is 5.69 Å². The Morgan fingerprint density at radius 2 is 1.88 bits per heavy atom. The number of rotatable bonds is 4. The van der Waals surface area contributed by atoms with E-state index in [0.29, 0.717) is 12.5 Å². The van der Waals surface area contributed by atoms with Gasteiger partial charge in [-0.25, -0.2) is 13.2 Å². The van der Waals surface area contributed by atoms with Crippen molar-refractivity contribution in [2.45, 2.75) is 80.9 Å². The Balaban J connectivity index is 1.91. The molecule has 1 saturated heterocycles. The molecular formula is C27H32N2O4S. The van der Waals surface area contributed by atoms with Crippen molar-refractivity contribution in [1.82, 2.24) is 9.88 Å². The van der Waals surface area contributed by atoms with Gasteiger partial charge in [0.15, 0.2) is 0 Å². The Labute approximate surface area is 201 Å². The molecule has 2 bridgehead atoms. The van der Waals surface area contributed by atoms with Crippen molar-refractivity contribution in [2.24, 2.45) is 7.05 Å². The lowest BCUT2D eigenvalue weighted by Gasteiger charge is -2.24. The zero-order valence-electron chi connectivity index (χ0n) is 20.4. The Bertz CT molecular complexity index is 1400. The van der Waals surface area contributed by atoms with Gasteiger partial charge in [-0.1, -0.05) is 25.1 Å². The first-order chi connectivity index (χ1) is 16.0. The number of fused-ring (bicyclic) bond motifs is 6. The van der Waals surface area contributed by atoms with Gasteiger partial charge in [0.2, 0.25) is 9.84 Å². The highest BCUT2D eigenvalue weighted by molar-refractivity contribution is 7.91. The molecule has 2 unspecified atom stereocenters. The lowest BCUT2D eigenvalue weighted by molar-refractivity contribution is 0.00675. The molecule has 180 valence electrons. The highest BCUT2D eigenvalue weighted by atomic mass is 32.2. The molecule has 0 radical (unpaired) electrons. The van der Waals surface area contributed by atoms with Gasteiger partial charge in [-0.2, -0.15) is 0 Å². The Morgan fingerprint density at radius 1 is 1.18 bits per heavy atom. The minimum atomic E-state index is -3.96. The average Bonchev–Trinajstić information content (AvgIpc) is 3.31. The molecule has 1 fully saturated rings. The summed E-state index contributed by atoms with van der Waals surface area (Å²) >= 11 is 0. The molecule has 7 heteroatoms. The number of hydrogen-bond acceptors (Lipinski definition) is 5. The molecule has 0 aliphatic carbocycles. The zero-order chi connectivity index (χ0) is 24.4. The average molecular weight is 481 g/mol. The van der Waals surface area contributed by atoms with Gasteiger partial charge in [-0.15, -0.1) is 0 Å². The van der Waals surface area contributed by atoms with Gasteiger partial charge in [0, 0.05) is 36.6 Å².